The number of aromatic nitrogens is 4. The predicted octanol–water partition coefficient (Wildman–Crippen LogP) is 4.29. The first kappa shape index (κ1) is 27.6. The second-order valence-electron chi connectivity index (χ2n) is 9.19. The number of aryl methyl sites for hydroxylation is 2. The molecule has 2 aromatic carbocycles. The van der Waals surface area contributed by atoms with Gasteiger partial charge in [0.05, 0.1) is 5.69 Å². The first-order chi connectivity index (χ1) is 18.6. The smallest absolute Gasteiger partial charge is 0.290 e. The Bertz CT molecular complexity index is 1700. The summed E-state index contributed by atoms with van der Waals surface area (Å²) in [6.45, 7) is 3.99. The fourth-order valence-electron chi connectivity index (χ4n) is 4.12. The predicted molar refractivity (Wildman–Crippen MR) is 151 cm³/mol. The molecule has 0 radical (unpaired) electrons. The number of amides is 1. The van der Waals surface area contributed by atoms with Crippen LogP contribution in [-0.2, 0) is 23.3 Å². The number of nitrogens with zero attached hydrogens (tertiary/aromatic N) is 4. The molecule has 0 spiro atoms. The molecule has 202 valence electrons. The number of nitrogens with one attached hydrogen (secondary N) is 2. The van der Waals surface area contributed by atoms with Crippen molar-refractivity contribution >= 4 is 32.9 Å². The van der Waals surface area contributed by atoms with Crippen molar-refractivity contribution in [3.8, 4) is 11.3 Å². The molecule has 2 heterocycles. The Kier molecular flexibility index (Phi) is 8.20. The van der Waals surface area contributed by atoms with Gasteiger partial charge in [0, 0.05) is 36.3 Å². The number of hydrogen-bond acceptors (Lipinski definition) is 8. The standard InChI is InChI=1S/C28H30N6O4S/c1-5-6-10-19-11-7-8-12-21(19)26(35)31-22-14-9-13-20(18(22)2)23-17-24(27(36)34(3)33-23)30-25-15-16-29-28(32-25)39(4,37)38/h7-9,11-17H,5-6,10H2,1-4H3,(H,31,35)(H,29,30,32). The molecular weight excluding hydrogens is 516 g/mol. The molecule has 4 aromatic rings. The number of rotatable bonds is 9. The van der Waals surface area contributed by atoms with Crippen LogP contribution in [0.15, 0.2) is 70.7 Å². The Morgan fingerprint density at radius 2 is 1.82 bits per heavy atom. The third-order valence-electron chi connectivity index (χ3n) is 6.21. The summed E-state index contributed by atoms with van der Waals surface area (Å²) in [5.41, 5.74) is 3.96. The number of carbonyl (C=O) groups is 1. The maximum Gasteiger partial charge on any atom is 0.290 e. The van der Waals surface area contributed by atoms with Crippen LogP contribution in [0.2, 0.25) is 0 Å². The molecule has 11 heteroatoms. The van der Waals surface area contributed by atoms with E-state index >= 15 is 0 Å². The SMILES string of the molecule is CCCCc1ccccc1C(=O)Nc1cccc(-c2cc(Nc3ccnc(S(C)(=O)=O)n3)c(=O)n(C)n2)c1C. The molecule has 0 aliphatic heterocycles. The summed E-state index contributed by atoms with van der Waals surface area (Å²) in [6.07, 6.45) is 5.17. The van der Waals surface area contributed by atoms with Gasteiger partial charge in [-0.15, -0.1) is 0 Å². The lowest BCUT2D eigenvalue weighted by molar-refractivity contribution is 0.102. The number of anilines is 3. The summed E-state index contributed by atoms with van der Waals surface area (Å²) in [5.74, 6) is -0.0395. The quantitative estimate of drug-likeness (QED) is 0.297. The lowest BCUT2D eigenvalue weighted by atomic mass is 10.0. The van der Waals surface area contributed by atoms with E-state index in [4.69, 9.17) is 0 Å². The molecule has 0 unspecified atom stereocenters. The van der Waals surface area contributed by atoms with Gasteiger partial charge in [-0.2, -0.15) is 5.10 Å². The third kappa shape index (κ3) is 6.37. The maximum atomic E-state index is 13.2. The zero-order valence-electron chi connectivity index (χ0n) is 22.2. The molecule has 0 aliphatic rings. The summed E-state index contributed by atoms with van der Waals surface area (Å²) < 4.78 is 24.9. The minimum atomic E-state index is -3.63. The second kappa shape index (κ2) is 11.6. The Morgan fingerprint density at radius 1 is 1.05 bits per heavy atom. The highest BCUT2D eigenvalue weighted by atomic mass is 32.2. The van der Waals surface area contributed by atoms with Crippen molar-refractivity contribution in [2.24, 2.45) is 7.05 Å². The minimum Gasteiger partial charge on any atom is -0.335 e. The molecule has 0 atom stereocenters. The number of benzene rings is 2. The van der Waals surface area contributed by atoms with E-state index in [0.717, 1.165) is 36.6 Å². The molecule has 1 amide bonds. The zero-order valence-corrected chi connectivity index (χ0v) is 23.0. The van der Waals surface area contributed by atoms with E-state index in [0.29, 0.717) is 22.5 Å². The van der Waals surface area contributed by atoms with Crippen LogP contribution < -0.4 is 16.2 Å². The van der Waals surface area contributed by atoms with Gasteiger partial charge in [-0.05, 0) is 55.2 Å². The van der Waals surface area contributed by atoms with Crippen LogP contribution in [-0.4, -0.2) is 40.3 Å². The van der Waals surface area contributed by atoms with Gasteiger partial charge in [0.1, 0.15) is 11.5 Å². The summed E-state index contributed by atoms with van der Waals surface area (Å²) in [5, 5.41) is 9.98. The third-order valence-corrected chi connectivity index (χ3v) is 7.07. The van der Waals surface area contributed by atoms with Gasteiger partial charge in [-0.3, -0.25) is 9.59 Å². The Balaban J connectivity index is 1.66. The molecule has 0 saturated heterocycles. The van der Waals surface area contributed by atoms with Gasteiger partial charge >= 0.3 is 0 Å². The van der Waals surface area contributed by atoms with E-state index in [9.17, 15) is 18.0 Å². The largest absolute Gasteiger partial charge is 0.335 e. The molecule has 0 bridgehead atoms. The normalized spacial score (nSPS) is 11.3. The van der Waals surface area contributed by atoms with Crippen LogP contribution >= 0.6 is 0 Å². The molecule has 0 saturated carbocycles. The molecule has 2 N–H and O–H groups in total. The molecular formula is C28H30N6O4S. The highest BCUT2D eigenvalue weighted by Crippen LogP contribution is 2.29. The van der Waals surface area contributed by atoms with Crippen LogP contribution in [0.25, 0.3) is 11.3 Å². The lowest BCUT2D eigenvalue weighted by Gasteiger charge is -2.15. The van der Waals surface area contributed by atoms with E-state index < -0.39 is 15.4 Å². The van der Waals surface area contributed by atoms with Crippen molar-refractivity contribution in [2.45, 2.75) is 38.3 Å². The molecule has 0 fully saturated rings. The Hall–Kier alpha value is -4.38. The Labute approximate surface area is 227 Å². The summed E-state index contributed by atoms with van der Waals surface area (Å²) in [6, 6.07) is 16.1. The first-order valence-corrected chi connectivity index (χ1v) is 14.4. The van der Waals surface area contributed by atoms with Crippen LogP contribution in [0, 0.1) is 6.92 Å². The Morgan fingerprint density at radius 3 is 2.56 bits per heavy atom. The van der Waals surface area contributed by atoms with E-state index in [1.54, 1.807) is 6.07 Å². The molecule has 10 nitrogen and oxygen atoms in total. The van der Waals surface area contributed by atoms with Gasteiger partial charge in [-0.25, -0.2) is 23.1 Å². The van der Waals surface area contributed by atoms with Gasteiger partial charge in [-0.1, -0.05) is 43.7 Å². The molecule has 0 aliphatic carbocycles. The van der Waals surface area contributed by atoms with Crippen molar-refractivity contribution in [3.63, 3.8) is 0 Å². The van der Waals surface area contributed by atoms with Gasteiger partial charge < -0.3 is 10.6 Å². The molecule has 2 aromatic heterocycles. The first-order valence-electron chi connectivity index (χ1n) is 12.5. The number of sulfone groups is 1. The topological polar surface area (TPSA) is 136 Å². The monoisotopic (exact) mass is 546 g/mol. The zero-order chi connectivity index (χ0) is 28.2. The van der Waals surface area contributed by atoms with Crippen molar-refractivity contribution in [1.29, 1.82) is 0 Å². The lowest BCUT2D eigenvalue weighted by Crippen LogP contribution is -2.23. The van der Waals surface area contributed by atoms with E-state index in [2.05, 4.69) is 32.6 Å². The second-order valence-corrected chi connectivity index (χ2v) is 11.1. The van der Waals surface area contributed by atoms with Crippen LogP contribution in [0.3, 0.4) is 0 Å². The van der Waals surface area contributed by atoms with Crippen molar-refractivity contribution < 1.29 is 13.2 Å². The van der Waals surface area contributed by atoms with Crippen molar-refractivity contribution in [3.05, 3.63) is 87.8 Å². The number of hydrogen-bond donors (Lipinski definition) is 2. The molecule has 39 heavy (non-hydrogen) atoms. The van der Waals surface area contributed by atoms with Crippen LogP contribution in [0.4, 0.5) is 17.2 Å². The van der Waals surface area contributed by atoms with E-state index in [1.165, 1.54) is 24.0 Å². The number of carbonyl (C=O) groups excluding carboxylic acids is 1. The maximum absolute atomic E-state index is 13.2. The van der Waals surface area contributed by atoms with Gasteiger partial charge in [0.2, 0.25) is 15.0 Å². The fraction of sp³-hybridized carbons (Fsp3) is 0.250. The minimum absolute atomic E-state index is 0.152. The molecule has 4 rings (SSSR count). The highest BCUT2D eigenvalue weighted by Gasteiger charge is 2.17. The van der Waals surface area contributed by atoms with Crippen molar-refractivity contribution in [2.75, 3.05) is 16.9 Å². The highest BCUT2D eigenvalue weighted by molar-refractivity contribution is 7.90. The summed E-state index contributed by atoms with van der Waals surface area (Å²) >= 11 is 0. The van der Waals surface area contributed by atoms with Gasteiger partial charge in [0.25, 0.3) is 11.5 Å². The fourth-order valence-corrected chi connectivity index (χ4v) is 4.64. The van der Waals surface area contributed by atoms with Crippen LogP contribution in [0.1, 0.15) is 41.3 Å². The van der Waals surface area contributed by atoms with Gasteiger partial charge in [0.15, 0.2) is 0 Å². The summed E-state index contributed by atoms with van der Waals surface area (Å²) in [7, 11) is -2.11. The van der Waals surface area contributed by atoms with E-state index in [1.807, 2.05) is 49.4 Å². The summed E-state index contributed by atoms with van der Waals surface area (Å²) in [4.78, 5) is 33.8. The average molecular weight is 547 g/mol. The van der Waals surface area contributed by atoms with E-state index in [-0.39, 0.29) is 22.6 Å². The van der Waals surface area contributed by atoms with Crippen LogP contribution in [0.5, 0.6) is 0 Å². The van der Waals surface area contributed by atoms with Crippen molar-refractivity contribution in [1.82, 2.24) is 19.7 Å². The average Bonchev–Trinajstić information content (AvgIpc) is 2.91. The number of unbranched alkanes of at least 4 members (excludes halogenated alkanes) is 1.